The third kappa shape index (κ3) is 2.22. The molecule has 1 aromatic heterocycles. The number of rotatable bonds is 3. The summed E-state index contributed by atoms with van der Waals surface area (Å²) < 4.78 is 25.8. The van der Waals surface area contributed by atoms with E-state index in [0.717, 1.165) is 23.6 Å². The highest BCUT2D eigenvalue weighted by atomic mass is 32.2. The van der Waals surface area contributed by atoms with Crippen LogP contribution in [-0.4, -0.2) is 30.0 Å². The molecule has 7 nitrogen and oxygen atoms in total. The van der Waals surface area contributed by atoms with Gasteiger partial charge in [-0.1, -0.05) is 0 Å². The number of carboxylic acid groups (broad SMARTS) is 1. The number of aromatic nitrogens is 1. The van der Waals surface area contributed by atoms with Crippen LogP contribution in [0.25, 0.3) is 0 Å². The van der Waals surface area contributed by atoms with Gasteiger partial charge in [-0.3, -0.25) is 4.79 Å². The fraction of sp³-hybridized carbons (Fsp3) is 0.250. The van der Waals surface area contributed by atoms with Crippen molar-refractivity contribution in [1.82, 2.24) is 9.29 Å². The van der Waals surface area contributed by atoms with E-state index in [9.17, 15) is 18.0 Å². The van der Waals surface area contributed by atoms with Crippen molar-refractivity contribution >= 4 is 21.9 Å². The Labute approximate surface area is 91.7 Å². The maximum atomic E-state index is 11.6. The average molecular weight is 246 g/mol. The Morgan fingerprint density at radius 1 is 1.38 bits per heavy atom. The molecule has 0 fully saturated rings. The Balaban J connectivity index is 3.25. The van der Waals surface area contributed by atoms with Gasteiger partial charge in [-0.25, -0.2) is 9.52 Å². The molecule has 2 N–H and O–H groups in total. The molecule has 0 aliphatic rings. The predicted molar refractivity (Wildman–Crippen MR) is 53.4 cm³/mol. The minimum atomic E-state index is -4.00. The van der Waals surface area contributed by atoms with Gasteiger partial charge in [0.15, 0.2) is 5.03 Å². The summed E-state index contributed by atoms with van der Waals surface area (Å²) in [6.07, 6.45) is 0. The smallest absolute Gasteiger partial charge is 0.352 e. The molecule has 0 unspecified atom stereocenters. The third-order valence-electron chi connectivity index (χ3n) is 1.85. The number of hydrogen-bond donors (Lipinski definition) is 2. The number of nitrogens with one attached hydrogen (secondary N) is 1. The highest BCUT2D eigenvalue weighted by Crippen LogP contribution is 2.12. The molecule has 0 aliphatic heterocycles. The fourth-order valence-corrected chi connectivity index (χ4v) is 2.41. The number of carbonyl (C=O) groups is 2. The van der Waals surface area contributed by atoms with Crippen LogP contribution in [0.4, 0.5) is 0 Å². The molecule has 0 radical (unpaired) electrons. The van der Waals surface area contributed by atoms with E-state index in [-0.39, 0.29) is 10.7 Å². The van der Waals surface area contributed by atoms with Gasteiger partial charge in [-0.2, -0.15) is 8.42 Å². The molecule has 1 aromatic rings. The molecule has 0 saturated carbocycles. The van der Waals surface area contributed by atoms with Gasteiger partial charge in [0.05, 0.1) is 0 Å². The number of carboxylic acids is 1. The number of amides is 1. The summed E-state index contributed by atoms with van der Waals surface area (Å²) in [4.78, 5) is 21.4. The van der Waals surface area contributed by atoms with Crippen LogP contribution in [0, 0.1) is 0 Å². The summed E-state index contributed by atoms with van der Waals surface area (Å²) in [5.41, 5.74) is -0.177. The zero-order valence-electron chi connectivity index (χ0n) is 8.59. The number of sulfonamides is 1. The van der Waals surface area contributed by atoms with Crippen LogP contribution < -0.4 is 4.72 Å². The molecule has 0 atom stereocenters. The molecule has 0 aliphatic carbocycles. The lowest BCUT2D eigenvalue weighted by molar-refractivity contribution is -0.117. The fourth-order valence-electron chi connectivity index (χ4n) is 1.22. The lowest BCUT2D eigenvalue weighted by Gasteiger charge is -2.06. The van der Waals surface area contributed by atoms with Crippen LogP contribution in [0.2, 0.25) is 0 Å². The van der Waals surface area contributed by atoms with E-state index < -0.39 is 21.9 Å². The summed E-state index contributed by atoms with van der Waals surface area (Å²) in [6.45, 7) is 1.05. The summed E-state index contributed by atoms with van der Waals surface area (Å²) in [5, 5.41) is 8.45. The highest BCUT2D eigenvalue weighted by molar-refractivity contribution is 7.90. The Kier molecular flexibility index (Phi) is 3.04. The second kappa shape index (κ2) is 3.97. The van der Waals surface area contributed by atoms with E-state index in [4.69, 9.17) is 5.11 Å². The molecule has 88 valence electrons. The lowest BCUT2D eigenvalue weighted by atomic mass is 10.4. The average Bonchev–Trinajstić information content (AvgIpc) is 2.44. The van der Waals surface area contributed by atoms with Crippen molar-refractivity contribution in [2.75, 3.05) is 0 Å². The van der Waals surface area contributed by atoms with Gasteiger partial charge in [-0.05, 0) is 12.1 Å². The van der Waals surface area contributed by atoms with Crippen LogP contribution in [-0.2, 0) is 21.9 Å². The summed E-state index contributed by atoms with van der Waals surface area (Å²) >= 11 is 0. The topological polar surface area (TPSA) is 105 Å². The molecule has 16 heavy (non-hydrogen) atoms. The number of hydrogen-bond acceptors (Lipinski definition) is 4. The number of carbonyl (C=O) groups excluding carboxylic acids is 1. The summed E-state index contributed by atoms with van der Waals surface area (Å²) in [7, 11) is -2.71. The first kappa shape index (κ1) is 12.2. The molecule has 0 bridgehead atoms. The normalized spacial score (nSPS) is 11.1. The van der Waals surface area contributed by atoms with Crippen molar-refractivity contribution in [3.8, 4) is 0 Å². The van der Waals surface area contributed by atoms with Gasteiger partial charge < -0.3 is 9.67 Å². The molecule has 0 aromatic carbocycles. The second-order valence-corrected chi connectivity index (χ2v) is 4.71. The number of nitrogens with zero attached hydrogens (tertiary/aromatic N) is 1. The Hall–Kier alpha value is -1.83. The van der Waals surface area contributed by atoms with Gasteiger partial charge in [0.2, 0.25) is 5.91 Å². The molecule has 0 saturated heterocycles. The van der Waals surface area contributed by atoms with Crippen LogP contribution in [0.5, 0.6) is 0 Å². The lowest BCUT2D eigenvalue weighted by Crippen LogP contribution is -2.29. The molecule has 1 amide bonds. The van der Waals surface area contributed by atoms with E-state index in [1.165, 1.54) is 7.05 Å². The van der Waals surface area contributed by atoms with Crippen molar-refractivity contribution in [2.45, 2.75) is 11.9 Å². The zero-order valence-corrected chi connectivity index (χ0v) is 9.41. The van der Waals surface area contributed by atoms with E-state index in [2.05, 4.69) is 0 Å². The van der Waals surface area contributed by atoms with E-state index in [1.807, 2.05) is 0 Å². The molecular formula is C8H10N2O5S. The van der Waals surface area contributed by atoms with Crippen molar-refractivity contribution < 1.29 is 23.1 Å². The SMILES string of the molecule is CC(=O)NS(=O)(=O)c1ccc(C(=O)O)n1C. The van der Waals surface area contributed by atoms with Gasteiger partial charge in [0.1, 0.15) is 5.69 Å². The van der Waals surface area contributed by atoms with Gasteiger partial charge in [0, 0.05) is 14.0 Å². The van der Waals surface area contributed by atoms with Crippen LogP contribution in [0.3, 0.4) is 0 Å². The minimum absolute atomic E-state index is 0.177. The van der Waals surface area contributed by atoms with Crippen molar-refractivity contribution in [1.29, 1.82) is 0 Å². The monoisotopic (exact) mass is 246 g/mol. The second-order valence-electron chi connectivity index (χ2n) is 3.08. The first-order valence-corrected chi connectivity index (χ1v) is 5.66. The molecule has 0 spiro atoms. The zero-order chi connectivity index (χ0) is 12.5. The van der Waals surface area contributed by atoms with E-state index in [0.29, 0.717) is 0 Å². The Morgan fingerprint density at radius 3 is 2.31 bits per heavy atom. The molecule has 8 heteroatoms. The molecular weight excluding hydrogens is 236 g/mol. The Bertz CT molecular complexity index is 543. The van der Waals surface area contributed by atoms with Crippen LogP contribution >= 0.6 is 0 Å². The van der Waals surface area contributed by atoms with Gasteiger partial charge >= 0.3 is 5.97 Å². The van der Waals surface area contributed by atoms with Gasteiger partial charge in [-0.15, -0.1) is 0 Å². The Morgan fingerprint density at radius 2 is 1.94 bits per heavy atom. The van der Waals surface area contributed by atoms with E-state index >= 15 is 0 Å². The first-order valence-electron chi connectivity index (χ1n) is 4.18. The highest BCUT2D eigenvalue weighted by Gasteiger charge is 2.22. The third-order valence-corrected chi connectivity index (χ3v) is 3.37. The predicted octanol–water partition coefficient (Wildman–Crippen LogP) is -0.452. The maximum absolute atomic E-state index is 11.6. The van der Waals surface area contributed by atoms with E-state index in [1.54, 1.807) is 4.72 Å². The standard InChI is InChI=1S/C8H10N2O5S/c1-5(11)9-16(14,15)7-4-3-6(8(12)13)10(7)2/h3-4H,1-2H3,(H,9,11)(H,12,13). The van der Waals surface area contributed by atoms with Crippen molar-refractivity contribution in [2.24, 2.45) is 7.05 Å². The van der Waals surface area contributed by atoms with Crippen LogP contribution in [0.15, 0.2) is 17.2 Å². The largest absolute Gasteiger partial charge is 0.477 e. The quantitative estimate of drug-likeness (QED) is 0.751. The first-order chi connectivity index (χ1) is 7.25. The van der Waals surface area contributed by atoms with Crippen LogP contribution in [0.1, 0.15) is 17.4 Å². The molecule has 1 rings (SSSR count). The maximum Gasteiger partial charge on any atom is 0.352 e. The number of aromatic carboxylic acids is 1. The summed E-state index contributed by atoms with van der Waals surface area (Å²) in [6, 6.07) is 2.27. The summed E-state index contributed by atoms with van der Waals surface area (Å²) in [5.74, 6) is -1.98. The minimum Gasteiger partial charge on any atom is -0.477 e. The van der Waals surface area contributed by atoms with Crippen molar-refractivity contribution in [3.63, 3.8) is 0 Å². The van der Waals surface area contributed by atoms with Gasteiger partial charge in [0.25, 0.3) is 10.0 Å². The van der Waals surface area contributed by atoms with Crippen molar-refractivity contribution in [3.05, 3.63) is 17.8 Å². The molecule has 1 heterocycles.